The molecule has 0 rings (SSSR count). The summed E-state index contributed by atoms with van der Waals surface area (Å²) in [6.45, 7) is 0. The van der Waals surface area contributed by atoms with Crippen LogP contribution in [-0.4, -0.2) is 63.4 Å². The van der Waals surface area contributed by atoms with Crippen LogP contribution in [0.5, 0.6) is 0 Å². The van der Waals surface area contributed by atoms with Crippen molar-refractivity contribution in [2.45, 2.75) is 24.9 Å². The van der Waals surface area contributed by atoms with Gasteiger partial charge < -0.3 is 26.0 Å². The quantitative estimate of drug-likeness (QED) is 0.379. The van der Waals surface area contributed by atoms with Crippen molar-refractivity contribution in [3.63, 3.8) is 0 Å². The summed E-state index contributed by atoms with van der Waals surface area (Å²) in [4.78, 5) is 43.5. The zero-order valence-corrected chi connectivity index (χ0v) is 11.5. The number of nitrogens with one attached hydrogen (secondary N) is 2. The van der Waals surface area contributed by atoms with Crippen molar-refractivity contribution < 1.29 is 34.5 Å². The average Bonchev–Trinajstić information content (AvgIpc) is 2.33. The number of carbonyl (C=O) groups is 4. The molecule has 0 aromatic carbocycles. The lowest BCUT2D eigenvalue weighted by Gasteiger charge is -2.17. The molecule has 0 aromatic rings. The molecule has 2 atom stereocenters. The van der Waals surface area contributed by atoms with Gasteiger partial charge in [-0.25, -0.2) is 14.4 Å². The summed E-state index contributed by atoms with van der Waals surface area (Å²) in [7, 11) is 0. The van der Waals surface area contributed by atoms with Gasteiger partial charge in [0, 0.05) is 12.2 Å². The van der Waals surface area contributed by atoms with Crippen molar-refractivity contribution in [3.8, 4) is 0 Å². The van der Waals surface area contributed by atoms with Crippen molar-refractivity contribution >= 4 is 35.7 Å². The minimum absolute atomic E-state index is 0.121. The molecule has 0 bridgehead atoms. The van der Waals surface area contributed by atoms with Crippen LogP contribution in [0.25, 0.3) is 0 Å². The third-order valence-electron chi connectivity index (χ3n) is 2.19. The number of aliphatic carboxylic acids is 3. The molecule has 0 aromatic heterocycles. The van der Waals surface area contributed by atoms with Crippen LogP contribution in [0, 0.1) is 0 Å². The smallest absolute Gasteiger partial charge is 0.327 e. The Morgan fingerprint density at radius 3 is 1.90 bits per heavy atom. The topological polar surface area (TPSA) is 153 Å². The predicted molar refractivity (Wildman–Crippen MR) is 69.8 cm³/mol. The molecule has 0 spiro atoms. The summed E-state index contributed by atoms with van der Waals surface area (Å²) < 4.78 is 0. The number of carboxylic acids is 3. The van der Waals surface area contributed by atoms with E-state index in [4.69, 9.17) is 15.3 Å². The van der Waals surface area contributed by atoms with Crippen LogP contribution in [0.2, 0.25) is 0 Å². The summed E-state index contributed by atoms with van der Waals surface area (Å²) in [6, 6.07) is -3.52. The Kier molecular flexibility index (Phi) is 8.13. The van der Waals surface area contributed by atoms with Gasteiger partial charge in [-0.05, 0) is 12.7 Å². The average molecular weight is 307 g/mol. The molecule has 0 aliphatic heterocycles. The molecule has 0 saturated heterocycles. The van der Waals surface area contributed by atoms with E-state index in [9.17, 15) is 19.2 Å². The lowest BCUT2D eigenvalue weighted by atomic mass is 10.1. The fourth-order valence-electron chi connectivity index (χ4n) is 1.22. The predicted octanol–water partition coefficient (Wildman–Crippen LogP) is -0.580. The number of hydrogen-bond acceptors (Lipinski definition) is 5. The van der Waals surface area contributed by atoms with Gasteiger partial charge in [0.1, 0.15) is 12.1 Å². The Morgan fingerprint density at radius 2 is 1.50 bits per heavy atom. The fourth-order valence-corrected chi connectivity index (χ4v) is 1.78. The van der Waals surface area contributed by atoms with E-state index >= 15 is 0 Å². The van der Waals surface area contributed by atoms with E-state index in [1.54, 1.807) is 6.26 Å². The molecule has 20 heavy (non-hydrogen) atoms. The maximum absolute atomic E-state index is 11.5. The van der Waals surface area contributed by atoms with Crippen molar-refractivity contribution in [2.24, 2.45) is 0 Å². The molecule has 9 nitrogen and oxygen atoms in total. The van der Waals surface area contributed by atoms with E-state index in [1.165, 1.54) is 11.8 Å². The van der Waals surface area contributed by atoms with Crippen LogP contribution in [0.3, 0.4) is 0 Å². The van der Waals surface area contributed by atoms with Gasteiger partial charge in [-0.15, -0.1) is 0 Å². The summed E-state index contributed by atoms with van der Waals surface area (Å²) in [5.41, 5.74) is 0. The molecule has 0 radical (unpaired) electrons. The number of carbonyl (C=O) groups excluding carboxylic acids is 1. The molecule has 0 aliphatic carbocycles. The largest absolute Gasteiger partial charge is 0.481 e. The molecule has 5 N–H and O–H groups in total. The van der Waals surface area contributed by atoms with Crippen molar-refractivity contribution in [1.82, 2.24) is 10.6 Å². The minimum atomic E-state index is -1.39. The second-order valence-corrected chi connectivity index (χ2v) is 4.70. The fraction of sp³-hybridized carbons (Fsp3) is 0.600. The van der Waals surface area contributed by atoms with Crippen LogP contribution in [-0.2, 0) is 14.4 Å². The third-order valence-corrected chi connectivity index (χ3v) is 2.85. The van der Waals surface area contributed by atoms with Crippen LogP contribution in [0.15, 0.2) is 0 Å². The Morgan fingerprint density at radius 1 is 1.00 bits per heavy atom. The monoisotopic (exact) mass is 307 g/mol. The molecular formula is C10H16N2O7S. The Balaban J connectivity index is 4.47. The molecule has 0 fully saturated rings. The van der Waals surface area contributed by atoms with E-state index in [0.717, 1.165) is 0 Å². The van der Waals surface area contributed by atoms with Gasteiger partial charge in [0.2, 0.25) is 0 Å². The highest BCUT2D eigenvalue weighted by Gasteiger charge is 2.24. The molecule has 10 heteroatoms. The Labute approximate surface area is 118 Å². The van der Waals surface area contributed by atoms with E-state index in [0.29, 0.717) is 0 Å². The van der Waals surface area contributed by atoms with Crippen molar-refractivity contribution in [1.29, 1.82) is 0 Å². The molecule has 0 aliphatic rings. The standard InChI is InChI=1S/C10H16N2O7S/c1-20-4-6(9(17)18)12-10(19)11-5(8(15)16)2-3-7(13)14/h5-6H,2-4H2,1H3,(H,13,14)(H,15,16)(H,17,18)(H2,11,12,19)/t5-,6-/m0/s1/i1-1. The number of amides is 2. The number of rotatable bonds is 9. The maximum atomic E-state index is 11.5. The molecular weight excluding hydrogens is 291 g/mol. The lowest BCUT2D eigenvalue weighted by Crippen LogP contribution is -2.52. The van der Waals surface area contributed by atoms with Crippen LogP contribution >= 0.6 is 11.8 Å². The van der Waals surface area contributed by atoms with E-state index < -0.39 is 42.4 Å². The first kappa shape index (κ1) is 18.0. The van der Waals surface area contributed by atoms with Crippen molar-refractivity contribution in [2.75, 3.05) is 12.0 Å². The summed E-state index contributed by atoms with van der Waals surface area (Å²) in [6.07, 6.45) is 0.936. The zero-order valence-electron chi connectivity index (χ0n) is 10.7. The maximum Gasteiger partial charge on any atom is 0.327 e. The molecule has 0 unspecified atom stereocenters. The number of hydrogen-bond donors (Lipinski definition) is 5. The van der Waals surface area contributed by atoms with Crippen LogP contribution in [0.4, 0.5) is 4.79 Å². The second kappa shape index (κ2) is 9.02. The first-order valence-corrected chi connectivity index (χ1v) is 6.90. The van der Waals surface area contributed by atoms with Gasteiger partial charge in [-0.1, -0.05) is 0 Å². The normalized spacial score (nSPS) is 13.1. The van der Waals surface area contributed by atoms with Gasteiger partial charge in [0.05, 0.1) is 0 Å². The van der Waals surface area contributed by atoms with Gasteiger partial charge in [-0.3, -0.25) is 4.79 Å². The van der Waals surface area contributed by atoms with Crippen LogP contribution < -0.4 is 10.6 Å². The van der Waals surface area contributed by atoms with Crippen LogP contribution in [0.1, 0.15) is 12.8 Å². The Bertz CT molecular complexity index is 388. The lowest BCUT2D eigenvalue weighted by molar-refractivity contribution is -0.140. The van der Waals surface area contributed by atoms with Gasteiger partial charge in [-0.2, -0.15) is 11.8 Å². The van der Waals surface area contributed by atoms with Gasteiger partial charge in [0.25, 0.3) is 0 Å². The molecule has 0 heterocycles. The van der Waals surface area contributed by atoms with Gasteiger partial charge in [0.15, 0.2) is 0 Å². The Hall–Kier alpha value is -1.97. The highest BCUT2D eigenvalue weighted by atomic mass is 32.2. The zero-order chi connectivity index (χ0) is 15.7. The third kappa shape index (κ3) is 7.46. The molecule has 114 valence electrons. The number of urea groups is 1. The number of carboxylic acid groups (broad SMARTS) is 3. The highest BCUT2D eigenvalue weighted by Crippen LogP contribution is 2.00. The SMILES string of the molecule is [11CH3]SC[C@H](NC(=O)N[C@@H](CCC(=O)O)C(=O)O)C(=O)O. The van der Waals surface area contributed by atoms with Crippen molar-refractivity contribution in [3.05, 3.63) is 0 Å². The first-order valence-electron chi connectivity index (χ1n) is 5.51. The van der Waals surface area contributed by atoms with E-state index in [1.807, 2.05) is 5.32 Å². The molecule has 0 saturated carbocycles. The summed E-state index contributed by atoms with van der Waals surface area (Å²) in [5, 5.41) is 30.3. The van der Waals surface area contributed by atoms with Gasteiger partial charge >= 0.3 is 23.9 Å². The van der Waals surface area contributed by atoms with E-state index in [2.05, 4.69) is 5.32 Å². The summed E-state index contributed by atoms with van der Waals surface area (Å²) in [5.74, 6) is -3.70. The summed E-state index contributed by atoms with van der Waals surface area (Å²) >= 11 is 1.20. The molecule has 2 amide bonds. The highest BCUT2D eigenvalue weighted by molar-refractivity contribution is 7.98. The minimum Gasteiger partial charge on any atom is -0.481 e. The second-order valence-electron chi connectivity index (χ2n) is 3.79. The number of thioether (sulfide) groups is 1. The van der Waals surface area contributed by atoms with E-state index in [-0.39, 0.29) is 12.2 Å². The first-order chi connectivity index (χ1) is 9.27.